The minimum absolute atomic E-state index is 0.120. The molecule has 1 rings (SSSR count). The maximum absolute atomic E-state index is 5.84. The first kappa shape index (κ1) is 15.5. The fraction of sp³-hybridized carbons (Fsp3) is 0.600. The van der Waals surface area contributed by atoms with Gasteiger partial charge in [0.05, 0.1) is 0 Å². The van der Waals surface area contributed by atoms with E-state index in [0.29, 0.717) is 5.41 Å². The van der Waals surface area contributed by atoms with Crippen LogP contribution in [0, 0.1) is 5.41 Å². The quantitative estimate of drug-likeness (QED) is 0.812. The molecule has 18 heavy (non-hydrogen) atoms. The van der Waals surface area contributed by atoms with Crippen LogP contribution in [0.5, 0.6) is 0 Å². The smallest absolute Gasteiger partial charge is 0.0328 e. The van der Waals surface area contributed by atoms with Gasteiger partial charge in [-0.3, -0.25) is 0 Å². The lowest BCUT2D eigenvalue weighted by Gasteiger charge is -2.33. The highest BCUT2D eigenvalue weighted by Gasteiger charge is 2.24. The lowest BCUT2D eigenvalue weighted by molar-refractivity contribution is 0.241. The van der Waals surface area contributed by atoms with Gasteiger partial charge in [-0.05, 0) is 49.4 Å². The van der Waals surface area contributed by atoms with Gasteiger partial charge in [0.15, 0.2) is 0 Å². The Bertz CT molecular complexity index is 385. The van der Waals surface area contributed by atoms with Crippen LogP contribution >= 0.6 is 15.9 Å². The monoisotopic (exact) mass is 312 g/mol. The van der Waals surface area contributed by atoms with Crippen LogP contribution in [0.4, 0.5) is 5.69 Å². The summed E-state index contributed by atoms with van der Waals surface area (Å²) in [4.78, 5) is 0. The molecule has 1 aromatic rings. The van der Waals surface area contributed by atoms with Crippen molar-refractivity contribution in [2.75, 3.05) is 5.73 Å². The third-order valence-electron chi connectivity index (χ3n) is 2.72. The van der Waals surface area contributed by atoms with Gasteiger partial charge in [0, 0.05) is 22.2 Å². The van der Waals surface area contributed by atoms with E-state index in [1.807, 2.05) is 12.1 Å². The molecule has 0 saturated heterocycles. The van der Waals surface area contributed by atoms with Crippen molar-refractivity contribution >= 4 is 21.6 Å². The van der Waals surface area contributed by atoms with Gasteiger partial charge in [0.25, 0.3) is 0 Å². The van der Waals surface area contributed by atoms with Crippen LogP contribution in [0.15, 0.2) is 22.7 Å². The highest BCUT2D eigenvalue weighted by molar-refractivity contribution is 9.10. The normalized spacial score (nSPS) is 12.8. The van der Waals surface area contributed by atoms with Gasteiger partial charge in [-0.25, -0.2) is 0 Å². The molecule has 3 N–H and O–H groups in total. The molecule has 0 atom stereocenters. The van der Waals surface area contributed by atoms with E-state index >= 15 is 0 Å². The molecule has 0 saturated carbocycles. The van der Waals surface area contributed by atoms with Gasteiger partial charge in [-0.2, -0.15) is 0 Å². The predicted octanol–water partition coefficient (Wildman–Crippen LogP) is 4.34. The van der Waals surface area contributed by atoms with E-state index in [2.05, 4.69) is 61.9 Å². The van der Waals surface area contributed by atoms with Crippen molar-refractivity contribution in [2.24, 2.45) is 5.41 Å². The number of benzene rings is 1. The van der Waals surface area contributed by atoms with Crippen LogP contribution < -0.4 is 11.1 Å². The van der Waals surface area contributed by atoms with Crippen LogP contribution in [-0.4, -0.2) is 5.54 Å². The van der Waals surface area contributed by atoms with Gasteiger partial charge in [0.2, 0.25) is 0 Å². The Morgan fingerprint density at radius 1 is 1.11 bits per heavy atom. The Labute approximate surface area is 119 Å². The van der Waals surface area contributed by atoms with E-state index in [-0.39, 0.29) is 5.54 Å². The van der Waals surface area contributed by atoms with E-state index in [1.165, 1.54) is 5.56 Å². The molecule has 0 unspecified atom stereocenters. The van der Waals surface area contributed by atoms with Crippen LogP contribution in [-0.2, 0) is 6.54 Å². The standard InChI is InChI=1S/C15H25BrN2/c1-14(2,3)10-15(4,5)18-9-11-6-12(16)8-13(17)7-11/h6-8,18H,9-10,17H2,1-5H3. The molecular weight excluding hydrogens is 288 g/mol. The minimum atomic E-state index is 0.120. The van der Waals surface area contributed by atoms with Gasteiger partial charge < -0.3 is 11.1 Å². The number of anilines is 1. The summed E-state index contributed by atoms with van der Waals surface area (Å²) in [6.07, 6.45) is 1.13. The van der Waals surface area contributed by atoms with Crippen molar-refractivity contribution in [2.45, 2.75) is 53.1 Å². The topological polar surface area (TPSA) is 38.0 Å². The number of hydrogen-bond donors (Lipinski definition) is 2. The Kier molecular flexibility index (Phi) is 4.84. The van der Waals surface area contributed by atoms with Crippen LogP contribution in [0.1, 0.15) is 46.6 Å². The zero-order valence-electron chi connectivity index (χ0n) is 12.1. The molecule has 0 amide bonds. The molecule has 3 heteroatoms. The summed E-state index contributed by atoms with van der Waals surface area (Å²) in [5.41, 5.74) is 8.30. The maximum Gasteiger partial charge on any atom is 0.0328 e. The number of nitrogen functional groups attached to an aromatic ring is 1. The molecule has 0 aliphatic rings. The Balaban J connectivity index is 2.64. The molecule has 0 radical (unpaired) electrons. The van der Waals surface area contributed by atoms with Crippen molar-refractivity contribution in [3.8, 4) is 0 Å². The first-order chi connectivity index (χ1) is 8.07. The number of rotatable bonds is 4. The van der Waals surface area contributed by atoms with E-state index in [9.17, 15) is 0 Å². The van der Waals surface area contributed by atoms with Crippen molar-refractivity contribution < 1.29 is 0 Å². The van der Waals surface area contributed by atoms with E-state index in [0.717, 1.165) is 23.1 Å². The largest absolute Gasteiger partial charge is 0.399 e. The summed E-state index contributed by atoms with van der Waals surface area (Å²) >= 11 is 3.47. The van der Waals surface area contributed by atoms with Crippen molar-refractivity contribution in [3.63, 3.8) is 0 Å². The van der Waals surface area contributed by atoms with Crippen LogP contribution in [0.2, 0.25) is 0 Å². The van der Waals surface area contributed by atoms with Gasteiger partial charge in [-0.15, -0.1) is 0 Å². The molecular formula is C15H25BrN2. The Morgan fingerprint density at radius 2 is 1.72 bits per heavy atom. The number of nitrogens with one attached hydrogen (secondary N) is 1. The lowest BCUT2D eigenvalue weighted by Crippen LogP contribution is -2.41. The fourth-order valence-electron chi connectivity index (χ4n) is 2.51. The number of halogens is 1. The average Bonchev–Trinajstić information content (AvgIpc) is 2.09. The Hall–Kier alpha value is -0.540. The molecule has 0 spiro atoms. The van der Waals surface area contributed by atoms with Crippen molar-refractivity contribution in [3.05, 3.63) is 28.2 Å². The molecule has 0 heterocycles. The van der Waals surface area contributed by atoms with Crippen LogP contribution in [0.3, 0.4) is 0 Å². The summed E-state index contributed by atoms with van der Waals surface area (Å²) in [6.45, 7) is 12.2. The third-order valence-corrected chi connectivity index (χ3v) is 3.18. The second-order valence-electron chi connectivity index (χ2n) is 6.87. The number of hydrogen-bond acceptors (Lipinski definition) is 2. The zero-order chi connectivity index (χ0) is 14.0. The summed E-state index contributed by atoms with van der Waals surface area (Å²) in [6, 6.07) is 6.05. The van der Waals surface area contributed by atoms with Gasteiger partial charge >= 0.3 is 0 Å². The van der Waals surface area contributed by atoms with Gasteiger partial charge in [-0.1, -0.05) is 36.7 Å². The van der Waals surface area contributed by atoms with Crippen LogP contribution in [0.25, 0.3) is 0 Å². The fourth-order valence-corrected chi connectivity index (χ4v) is 3.07. The highest BCUT2D eigenvalue weighted by Crippen LogP contribution is 2.27. The highest BCUT2D eigenvalue weighted by atomic mass is 79.9. The Morgan fingerprint density at radius 3 is 2.22 bits per heavy atom. The average molecular weight is 313 g/mol. The number of nitrogens with two attached hydrogens (primary N) is 1. The molecule has 102 valence electrons. The summed E-state index contributed by atoms with van der Waals surface area (Å²) in [7, 11) is 0. The van der Waals surface area contributed by atoms with Crippen molar-refractivity contribution in [1.82, 2.24) is 5.32 Å². The molecule has 0 aliphatic heterocycles. The van der Waals surface area contributed by atoms with Crippen molar-refractivity contribution in [1.29, 1.82) is 0 Å². The van der Waals surface area contributed by atoms with E-state index in [1.54, 1.807) is 0 Å². The maximum atomic E-state index is 5.84. The lowest BCUT2D eigenvalue weighted by atomic mass is 9.82. The first-order valence-electron chi connectivity index (χ1n) is 6.37. The zero-order valence-corrected chi connectivity index (χ0v) is 13.7. The summed E-state index contributed by atoms with van der Waals surface area (Å²) in [5.74, 6) is 0. The predicted molar refractivity (Wildman–Crippen MR) is 83.5 cm³/mol. The van der Waals surface area contributed by atoms with E-state index < -0.39 is 0 Å². The first-order valence-corrected chi connectivity index (χ1v) is 7.17. The summed E-state index contributed by atoms with van der Waals surface area (Å²) < 4.78 is 1.04. The second kappa shape index (κ2) is 5.62. The molecule has 0 aromatic heterocycles. The van der Waals surface area contributed by atoms with Gasteiger partial charge in [0.1, 0.15) is 0 Å². The molecule has 0 fully saturated rings. The molecule has 0 bridgehead atoms. The summed E-state index contributed by atoms with van der Waals surface area (Å²) in [5, 5.41) is 3.61. The third kappa shape index (κ3) is 5.87. The second-order valence-corrected chi connectivity index (χ2v) is 7.78. The van der Waals surface area contributed by atoms with E-state index in [4.69, 9.17) is 5.73 Å². The molecule has 0 aliphatic carbocycles. The minimum Gasteiger partial charge on any atom is -0.399 e. The molecule has 2 nitrogen and oxygen atoms in total. The molecule has 1 aromatic carbocycles. The SMILES string of the molecule is CC(C)(C)CC(C)(C)NCc1cc(N)cc(Br)c1.